The number of carbonyl (C=O) groups is 1. The molecule has 0 aromatic heterocycles. The van der Waals surface area contributed by atoms with Gasteiger partial charge in [-0.05, 0) is 24.3 Å². The minimum Gasteiger partial charge on any atom is -0.494 e. The minimum absolute atomic E-state index is 0.0297. The zero-order chi connectivity index (χ0) is 16.1. The lowest BCUT2D eigenvalue weighted by Gasteiger charge is -2.11. The van der Waals surface area contributed by atoms with Crippen LogP contribution in [0.25, 0.3) is 0 Å². The molecule has 2 aromatic carbocycles. The van der Waals surface area contributed by atoms with Gasteiger partial charge in [-0.3, -0.25) is 0 Å². The molecule has 2 rings (SSSR count). The summed E-state index contributed by atoms with van der Waals surface area (Å²) in [5.41, 5.74) is -0.380. The Morgan fingerprint density at radius 2 is 1.73 bits per heavy atom. The molecule has 0 aliphatic carbocycles. The van der Waals surface area contributed by atoms with Crippen molar-refractivity contribution in [2.45, 2.75) is 6.54 Å². The van der Waals surface area contributed by atoms with Crippen LogP contribution in [0.1, 0.15) is 5.56 Å². The van der Waals surface area contributed by atoms with E-state index in [1.54, 1.807) is 0 Å². The highest BCUT2D eigenvalue weighted by atomic mass is 19.1. The first-order valence-electron chi connectivity index (χ1n) is 6.33. The summed E-state index contributed by atoms with van der Waals surface area (Å²) >= 11 is 0. The first kappa shape index (κ1) is 15.7. The van der Waals surface area contributed by atoms with Crippen molar-refractivity contribution in [3.05, 3.63) is 59.4 Å². The Labute approximate surface area is 124 Å². The SMILES string of the molecule is COc1cccc(NC(=O)NCc2c(F)cccc2F)c1F. The van der Waals surface area contributed by atoms with Gasteiger partial charge in [0.05, 0.1) is 19.3 Å². The van der Waals surface area contributed by atoms with Crippen LogP contribution < -0.4 is 15.4 Å². The van der Waals surface area contributed by atoms with Crippen LogP contribution in [-0.4, -0.2) is 13.1 Å². The van der Waals surface area contributed by atoms with E-state index in [4.69, 9.17) is 4.74 Å². The zero-order valence-corrected chi connectivity index (χ0v) is 11.6. The summed E-state index contributed by atoms with van der Waals surface area (Å²) in [7, 11) is 1.29. The number of anilines is 1. The molecular formula is C15H13F3N2O2. The fourth-order valence-electron chi connectivity index (χ4n) is 1.80. The molecular weight excluding hydrogens is 297 g/mol. The highest BCUT2D eigenvalue weighted by Gasteiger charge is 2.13. The van der Waals surface area contributed by atoms with Gasteiger partial charge in [-0.1, -0.05) is 12.1 Å². The quantitative estimate of drug-likeness (QED) is 0.909. The van der Waals surface area contributed by atoms with E-state index in [0.29, 0.717) is 0 Å². The second-order valence-corrected chi connectivity index (χ2v) is 4.33. The van der Waals surface area contributed by atoms with Crippen molar-refractivity contribution in [3.8, 4) is 5.75 Å². The molecule has 4 nitrogen and oxygen atoms in total. The number of ether oxygens (including phenoxy) is 1. The van der Waals surface area contributed by atoms with E-state index in [0.717, 1.165) is 12.1 Å². The van der Waals surface area contributed by atoms with E-state index >= 15 is 0 Å². The maximum atomic E-state index is 13.8. The van der Waals surface area contributed by atoms with Gasteiger partial charge in [-0.15, -0.1) is 0 Å². The Balaban J connectivity index is 2.02. The molecule has 0 atom stereocenters. The minimum atomic E-state index is -0.796. The van der Waals surface area contributed by atoms with Gasteiger partial charge in [0.25, 0.3) is 0 Å². The summed E-state index contributed by atoms with van der Waals surface area (Å²) in [6.45, 7) is -0.365. The number of urea groups is 1. The van der Waals surface area contributed by atoms with Crippen molar-refractivity contribution in [3.63, 3.8) is 0 Å². The van der Waals surface area contributed by atoms with Crippen molar-refractivity contribution in [2.75, 3.05) is 12.4 Å². The molecule has 0 saturated carbocycles. The summed E-state index contributed by atoms with van der Waals surface area (Å²) in [6.07, 6.45) is 0. The highest BCUT2D eigenvalue weighted by Crippen LogP contribution is 2.23. The Bertz CT molecular complexity index is 672. The Morgan fingerprint density at radius 3 is 2.36 bits per heavy atom. The summed E-state index contributed by atoms with van der Waals surface area (Å²) in [5, 5.41) is 4.50. The molecule has 7 heteroatoms. The maximum Gasteiger partial charge on any atom is 0.319 e. The predicted octanol–water partition coefficient (Wildman–Crippen LogP) is 3.43. The fourth-order valence-corrected chi connectivity index (χ4v) is 1.80. The number of rotatable bonds is 4. The average Bonchev–Trinajstić information content (AvgIpc) is 2.49. The molecule has 0 bridgehead atoms. The monoisotopic (exact) mass is 310 g/mol. The molecule has 0 aliphatic rings. The molecule has 0 heterocycles. The number of hydrogen-bond donors (Lipinski definition) is 2. The smallest absolute Gasteiger partial charge is 0.319 e. The van der Waals surface area contributed by atoms with Crippen molar-refractivity contribution < 1.29 is 22.7 Å². The molecule has 0 aliphatic heterocycles. The van der Waals surface area contributed by atoms with Crippen molar-refractivity contribution in [1.29, 1.82) is 0 Å². The van der Waals surface area contributed by atoms with Gasteiger partial charge in [0.1, 0.15) is 11.6 Å². The third kappa shape index (κ3) is 3.49. The molecule has 116 valence electrons. The standard InChI is InChI=1S/C15H13F3N2O2/c1-22-13-7-3-6-12(14(13)18)20-15(21)19-8-9-10(16)4-2-5-11(9)17/h2-7H,8H2,1H3,(H2,19,20,21). The largest absolute Gasteiger partial charge is 0.494 e. The van der Waals surface area contributed by atoms with Crippen LogP contribution in [-0.2, 0) is 6.54 Å². The molecule has 0 saturated heterocycles. The lowest BCUT2D eigenvalue weighted by Crippen LogP contribution is -2.29. The zero-order valence-electron chi connectivity index (χ0n) is 11.6. The molecule has 0 radical (unpaired) electrons. The molecule has 2 amide bonds. The van der Waals surface area contributed by atoms with E-state index in [1.165, 1.54) is 31.4 Å². The lowest BCUT2D eigenvalue weighted by molar-refractivity contribution is 0.251. The number of carbonyl (C=O) groups excluding carboxylic acids is 1. The summed E-state index contributed by atoms with van der Waals surface area (Å²) in [5.74, 6) is -2.31. The number of benzene rings is 2. The Kier molecular flexibility index (Phi) is 4.88. The Morgan fingerprint density at radius 1 is 1.09 bits per heavy atom. The van der Waals surface area contributed by atoms with Gasteiger partial charge < -0.3 is 15.4 Å². The van der Waals surface area contributed by atoms with Crippen LogP contribution in [0.4, 0.5) is 23.7 Å². The van der Waals surface area contributed by atoms with Crippen molar-refractivity contribution in [2.24, 2.45) is 0 Å². The Hall–Kier alpha value is -2.70. The summed E-state index contributed by atoms with van der Waals surface area (Å²) < 4.78 is 45.4. The predicted molar refractivity (Wildman–Crippen MR) is 75.2 cm³/mol. The van der Waals surface area contributed by atoms with E-state index < -0.39 is 23.5 Å². The average molecular weight is 310 g/mol. The fraction of sp³-hybridized carbons (Fsp3) is 0.133. The maximum absolute atomic E-state index is 13.8. The first-order valence-corrected chi connectivity index (χ1v) is 6.33. The molecule has 0 unspecified atom stereocenters. The van der Waals surface area contributed by atoms with Gasteiger partial charge in [0, 0.05) is 5.56 Å². The molecule has 0 fully saturated rings. The van der Waals surface area contributed by atoms with E-state index in [9.17, 15) is 18.0 Å². The van der Waals surface area contributed by atoms with E-state index in [-0.39, 0.29) is 23.5 Å². The van der Waals surface area contributed by atoms with E-state index in [2.05, 4.69) is 10.6 Å². The number of methoxy groups -OCH3 is 1. The lowest BCUT2D eigenvalue weighted by atomic mass is 10.2. The first-order chi connectivity index (χ1) is 10.5. The third-order valence-electron chi connectivity index (χ3n) is 2.92. The molecule has 0 spiro atoms. The summed E-state index contributed by atoms with van der Waals surface area (Å²) in [4.78, 5) is 11.7. The van der Waals surface area contributed by atoms with Crippen molar-refractivity contribution in [1.82, 2.24) is 5.32 Å². The number of nitrogens with one attached hydrogen (secondary N) is 2. The van der Waals surface area contributed by atoms with Crippen LogP contribution in [0.2, 0.25) is 0 Å². The van der Waals surface area contributed by atoms with Gasteiger partial charge in [0.15, 0.2) is 11.6 Å². The van der Waals surface area contributed by atoms with Crippen LogP contribution in [0.5, 0.6) is 5.75 Å². The van der Waals surface area contributed by atoms with Gasteiger partial charge >= 0.3 is 6.03 Å². The van der Waals surface area contributed by atoms with Crippen LogP contribution >= 0.6 is 0 Å². The second-order valence-electron chi connectivity index (χ2n) is 4.33. The second kappa shape index (κ2) is 6.84. The van der Waals surface area contributed by atoms with Gasteiger partial charge in [-0.25, -0.2) is 18.0 Å². The highest BCUT2D eigenvalue weighted by molar-refractivity contribution is 5.89. The van der Waals surface area contributed by atoms with Gasteiger partial charge in [-0.2, -0.15) is 0 Å². The van der Waals surface area contributed by atoms with Crippen LogP contribution in [0, 0.1) is 17.5 Å². The molecule has 2 N–H and O–H groups in total. The van der Waals surface area contributed by atoms with Crippen LogP contribution in [0.15, 0.2) is 36.4 Å². The van der Waals surface area contributed by atoms with E-state index in [1.807, 2.05) is 0 Å². The normalized spacial score (nSPS) is 10.2. The summed E-state index contributed by atoms with van der Waals surface area (Å²) in [6, 6.07) is 6.82. The third-order valence-corrected chi connectivity index (χ3v) is 2.92. The number of hydrogen-bond acceptors (Lipinski definition) is 2. The van der Waals surface area contributed by atoms with Crippen molar-refractivity contribution >= 4 is 11.7 Å². The number of amides is 2. The topological polar surface area (TPSA) is 50.4 Å². The molecule has 22 heavy (non-hydrogen) atoms. The molecule has 2 aromatic rings. The van der Waals surface area contributed by atoms with Crippen LogP contribution in [0.3, 0.4) is 0 Å². The van der Waals surface area contributed by atoms with Gasteiger partial charge in [0.2, 0.25) is 0 Å². The number of halogens is 3.